The van der Waals surface area contributed by atoms with Crippen LogP contribution in [0.3, 0.4) is 0 Å². The molecule has 75 valence electrons. The molecule has 1 aromatic carbocycles. The van der Waals surface area contributed by atoms with E-state index in [-0.39, 0.29) is 6.42 Å². The van der Waals surface area contributed by atoms with Gasteiger partial charge in [-0.15, -0.1) is 0 Å². The lowest BCUT2D eigenvalue weighted by Gasteiger charge is -2.05. The Bertz CT molecular complexity index is 305. The maximum absolute atomic E-state index is 10.3. The van der Waals surface area contributed by atoms with Gasteiger partial charge in [-0.05, 0) is 36.5 Å². The lowest BCUT2D eigenvalue weighted by Crippen LogP contribution is -1.98. The Balaban J connectivity index is 2.53. The molecule has 1 aromatic rings. The summed E-state index contributed by atoms with van der Waals surface area (Å²) in [5.41, 5.74) is 2.53. The molecule has 0 aliphatic carbocycles. The molecule has 0 saturated heterocycles. The number of rotatable bonds is 5. The highest BCUT2D eigenvalue weighted by Gasteiger charge is 2.01. The third kappa shape index (κ3) is 3.21. The molecular formula is C12H15O2. The zero-order valence-corrected chi connectivity index (χ0v) is 8.42. The first-order valence-electron chi connectivity index (χ1n) is 4.93. The minimum atomic E-state index is -0.717. The SMILES string of the molecule is CCc1c[c]ccc1CCCC(=O)O. The second-order valence-electron chi connectivity index (χ2n) is 3.30. The van der Waals surface area contributed by atoms with Crippen LogP contribution in [0.5, 0.6) is 0 Å². The third-order valence-electron chi connectivity index (χ3n) is 2.27. The number of carboxylic acid groups (broad SMARTS) is 1. The fraction of sp³-hybridized carbons (Fsp3) is 0.417. The van der Waals surface area contributed by atoms with Gasteiger partial charge in [-0.25, -0.2) is 0 Å². The van der Waals surface area contributed by atoms with Gasteiger partial charge >= 0.3 is 5.97 Å². The molecule has 0 heterocycles. The van der Waals surface area contributed by atoms with E-state index in [1.807, 2.05) is 18.2 Å². The zero-order chi connectivity index (χ0) is 10.4. The summed E-state index contributed by atoms with van der Waals surface area (Å²) in [6, 6.07) is 8.93. The smallest absolute Gasteiger partial charge is 0.303 e. The van der Waals surface area contributed by atoms with E-state index in [1.165, 1.54) is 11.1 Å². The molecule has 0 aliphatic rings. The average molecular weight is 191 g/mol. The van der Waals surface area contributed by atoms with Crippen LogP contribution in [0, 0.1) is 6.07 Å². The summed E-state index contributed by atoms with van der Waals surface area (Å²) >= 11 is 0. The topological polar surface area (TPSA) is 37.3 Å². The number of carbonyl (C=O) groups is 1. The molecule has 0 atom stereocenters. The van der Waals surface area contributed by atoms with Crippen LogP contribution >= 0.6 is 0 Å². The second-order valence-corrected chi connectivity index (χ2v) is 3.30. The molecule has 1 radical (unpaired) electrons. The fourth-order valence-electron chi connectivity index (χ4n) is 1.50. The van der Waals surface area contributed by atoms with Gasteiger partial charge in [-0.2, -0.15) is 0 Å². The molecule has 0 fully saturated rings. The molecule has 0 aromatic heterocycles. The van der Waals surface area contributed by atoms with Gasteiger partial charge in [0.15, 0.2) is 0 Å². The Morgan fingerprint density at radius 3 is 2.93 bits per heavy atom. The standard InChI is InChI=1S/C12H15O2/c1-2-10-6-3-4-7-11(10)8-5-9-12(13)14/h4,6-7H,2,5,8-9H2,1H3,(H,13,14). The summed E-state index contributed by atoms with van der Waals surface area (Å²) in [6.07, 6.45) is 2.80. The summed E-state index contributed by atoms with van der Waals surface area (Å²) in [4.78, 5) is 10.3. The van der Waals surface area contributed by atoms with Crippen molar-refractivity contribution in [3.05, 3.63) is 35.4 Å². The molecular weight excluding hydrogens is 176 g/mol. The van der Waals surface area contributed by atoms with E-state index in [1.54, 1.807) is 0 Å². The minimum absolute atomic E-state index is 0.252. The summed E-state index contributed by atoms with van der Waals surface area (Å²) in [5, 5.41) is 8.51. The molecule has 0 amide bonds. The van der Waals surface area contributed by atoms with Gasteiger partial charge < -0.3 is 5.11 Å². The zero-order valence-electron chi connectivity index (χ0n) is 8.42. The van der Waals surface area contributed by atoms with E-state index in [9.17, 15) is 4.79 Å². The molecule has 14 heavy (non-hydrogen) atoms. The molecule has 2 nitrogen and oxygen atoms in total. The quantitative estimate of drug-likeness (QED) is 0.776. The van der Waals surface area contributed by atoms with Gasteiger partial charge in [0, 0.05) is 6.42 Å². The van der Waals surface area contributed by atoms with Gasteiger partial charge in [0.2, 0.25) is 0 Å². The monoisotopic (exact) mass is 191 g/mol. The second kappa shape index (κ2) is 5.43. The van der Waals surface area contributed by atoms with Crippen LogP contribution in [0.4, 0.5) is 0 Å². The van der Waals surface area contributed by atoms with Crippen molar-refractivity contribution in [2.24, 2.45) is 0 Å². The van der Waals surface area contributed by atoms with Crippen LogP contribution < -0.4 is 0 Å². The predicted octanol–water partition coefficient (Wildman–Crippen LogP) is 2.46. The Kier molecular flexibility index (Phi) is 4.17. The summed E-state index contributed by atoms with van der Waals surface area (Å²) in [5.74, 6) is -0.717. The normalized spacial score (nSPS) is 10.1. The van der Waals surface area contributed by atoms with Crippen LogP contribution in [0.15, 0.2) is 18.2 Å². The molecule has 0 bridgehead atoms. The van der Waals surface area contributed by atoms with E-state index in [4.69, 9.17) is 5.11 Å². The molecule has 0 saturated carbocycles. The molecule has 0 aliphatic heterocycles. The van der Waals surface area contributed by atoms with Gasteiger partial charge in [0.1, 0.15) is 0 Å². The highest BCUT2D eigenvalue weighted by molar-refractivity contribution is 5.66. The maximum atomic E-state index is 10.3. The Morgan fingerprint density at radius 1 is 1.50 bits per heavy atom. The first kappa shape index (κ1) is 10.8. The van der Waals surface area contributed by atoms with E-state index in [0.717, 1.165) is 12.8 Å². The number of benzene rings is 1. The summed E-state index contributed by atoms with van der Waals surface area (Å²) < 4.78 is 0. The van der Waals surface area contributed by atoms with Gasteiger partial charge in [-0.3, -0.25) is 4.79 Å². The Labute approximate surface area is 84.6 Å². The van der Waals surface area contributed by atoms with Crippen LogP contribution in [0.1, 0.15) is 30.9 Å². The van der Waals surface area contributed by atoms with Crippen molar-refractivity contribution in [3.8, 4) is 0 Å². The number of aliphatic carboxylic acids is 1. The van der Waals surface area contributed by atoms with Crippen molar-refractivity contribution in [2.45, 2.75) is 32.6 Å². The summed E-state index contributed by atoms with van der Waals surface area (Å²) in [7, 11) is 0. The number of hydrogen-bond acceptors (Lipinski definition) is 1. The van der Waals surface area contributed by atoms with Crippen LogP contribution in [-0.2, 0) is 17.6 Å². The lowest BCUT2D eigenvalue weighted by molar-refractivity contribution is -0.137. The predicted molar refractivity (Wildman–Crippen MR) is 55.2 cm³/mol. The minimum Gasteiger partial charge on any atom is -0.481 e. The summed E-state index contributed by atoms with van der Waals surface area (Å²) in [6.45, 7) is 2.10. The van der Waals surface area contributed by atoms with Gasteiger partial charge in [0.05, 0.1) is 0 Å². The van der Waals surface area contributed by atoms with Crippen molar-refractivity contribution in [1.29, 1.82) is 0 Å². The first-order chi connectivity index (χ1) is 6.74. The highest BCUT2D eigenvalue weighted by Crippen LogP contribution is 2.12. The van der Waals surface area contributed by atoms with Crippen molar-refractivity contribution in [1.82, 2.24) is 0 Å². The van der Waals surface area contributed by atoms with E-state index < -0.39 is 5.97 Å². The largest absolute Gasteiger partial charge is 0.481 e. The molecule has 2 heteroatoms. The maximum Gasteiger partial charge on any atom is 0.303 e. The Hall–Kier alpha value is -1.31. The van der Waals surface area contributed by atoms with Gasteiger partial charge in [-0.1, -0.05) is 25.1 Å². The van der Waals surface area contributed by atoms with Crippen LogP contribution in [-0.4, -0.2) is 11.1 Å². The molecule has 1 rings (SSSR count). The molecule has 0 unspecified atom stereocenters. The van der Waals surface area contributed by atoms with E-state index in [2.05, 4.69) is 13.0 Å². The number of aryl methyl sites for hydroxylation is 2. The number of carboxylic acids is 1. The fourth-order valence-corrected chi connectivity index (χ4v) is 1.50. The van der Waals surface area contributed by atoms with E-state index in [0.29, 0.717) is 6.42 Å². The van der Waals surface area contributed by atoms with Crippen LogP contribution in [0.25, 0.3) is 0 Å². The first-order valence-corrected chi connectivity index (χ1v) is 4.93. The van der Waals surface area contributed by atoms with Crippen LogP contribution in [0.2, 0.25) is 0 Å². The average Bonchev–Trinajstić information content (AvgIpc) is 2.18. The van der Waals surface area contributed by atoms with Crippen molar-refractivity contribution in [2.75, 3.05) is 0 Å². The van der Waals surface area contributed by atoms with Gasteiger partial charge in [0.25, 0.3) is 0 Å². The molecule has 0 spiro atoms. The highest BCUT2D eigenvalue weighted by atomic mass is 16.4. The van der Waals surface area contributed by atoms with Crippen molar-refractivity contribution in [3.63, 3.8) is 0 Å². The molecule has 1 N–H and O–H groups in total. The third-order valence-corrected chi connectivity index (χ3v) is 2.27. The van der Waals surface area contributed by atoms with Crippen molar-refractivity contribution >= 4 is 5.97 Å². The van der Waals surface area contributed by atoms with Crippen molar-refractivity contribution < 1.29 is 9.90 Å². The Morgan fingerprint density at radius 2 is 2.29 bits per heavy atom. The number of hydrogen-bond donors (Lipinski definition) is 1. The lowest BCUT2D eigenvalue weighted by atomic mass is 10.0. The van der Waals surface area contributed by atoms with E-state index >= 15 is 0 Å².